The van der Waals surface area contributed by atoms with Crippen LogP contribution in [-0.4, -0.2) is 17.0 Å². The van der Waals surface area contributed by atoms with Crippen molar-refractivity contribution in [2.45, 2.75) is 13.0 Å². The fourth-order valence-electron chi connectivity index (χ4n) is 2.85. The second-order valence-electron chi connectivity index (χ2n) is 6.60. The minimum atomic E-state index is -0.662. The summed E-state index contributed by atoms with van der Waals surface area (Å²) in [5.74, 6) is 0.592. The van der Waals surface area contributed by atoms with Gasteiger partial charge < -0.3 is 14.5 Å². The maximum Gasteiger partial charge on any atom is 0.347 e. The van der Waals surface area contributed by atoms with Crippen molar-refractivity contribution in [2.75, 3.05) is 5.32 Å². The van der Waals surface area contributed by atoms with Gasteiger partial charge in [-0.2, -0.15) is 0 Å². The Balaban J connectivity index is 1.46. The molecule has 0 radical (unpaired) electrons. The molecule has 1 heterocycles. The highest BCUT2D eigenvalue weighted by atomic mass is 127. The van der Waals surface area contributed by atoms with Gasteiger partial charge in [0, 0.05) is 14.8 Å². The number of hydrogen-bond donors (Lipinski definition) is 1. The van der Waals surface area contributed by atoms with Gasteiger partial charge in [0.2, 0.25) is 5.89 Å². The number of nitrogens with zero attached hydrogens (tertiary/aromatic N) is 1. The highest BCUT2D eigenvalue weighted by Crippen LogP contribution is 2.21. The maximum absolute atomic E-state index is 12.4. The molecule has 0 aliphatic carbocycles. The fourth-order valence-corrected chi connectivity index (χ4v) is 3.21. The van der Waals surface area contributed by atoms with Crippen LogP contribution in [0.3, 0.4) is 0 Å². The first kappa shape index (κ1) is 20.1. The second kappa shape index (κ2) is 8.66. The van der Waals surface area contributed by atoms with E-state index in [1.54, 1.807) is 49.4 Å². The number of aromatic nitrogens is 1. The second-order valence-corrected chi connectivity index (χ2v) is 7.85. The van der Waals surface area contributed by atoms with Crippen LogP contribution in [0.5, 0.6) is 5.75 Å². The summed E-state index contributed by atoms with van der Waals surface area (Å²) < 4.78 is 12.1. The molecule has 0 saturated carbocycles. The topological polar surface area (TPSA) is 81.4 Å². The van der Waals surface area contributed by atoms with Crippen molar-refractivity contribution >= 4 is 45.1 Å². The van der Waals surface area contributed by atoms with E-state index in [2.05, 4.69) is 32.9 Å². The monoisotopic (exact) mass is 512 g/mol. The zero-order chi connectivity index (χ0) is 21.1. The number of para-hydroxylation sites is 1. The van der Waals surface area contributed by atoms with E-state index in [0.29, 0.717) is 27.9 Å². The number of benzene rings is 3. The summed E-state index contributed by atoms with van der Waals surface area (Å²) in [5, 5.41) is 3.25. The number of ether oxygens (including phenoxy) is 1. The van der Waals surface area contributed by atoms with Crippen molar-refractivity contribution in [3.8, 4) is 17.2 Å². The molecule has 0 spiro atoms. The summed E-state index contributed by atoms with van der Waals surface area (Å²) >= 11 is 2.21. The number of rotatable bonds is 5. The average Bonchev–Trinajstić information content (AvgIpc) is 2.76. The van der Waals surface area contributed by atoms with Crippen LogP contribution in [0.1, 0.15) is 6.92 Å². The largest absolute Gasteiger partial charge is 0.481 e. The third kappa shape index (κ3) is 4.51. The molecule has 6 nitrogen and oxygen atoms in total. The molecule has 0 aliphatic rings. The van der Waals surface area contributed by atoms with E-state index in [9.17, 15) is 9.59 Å². The third-order valence-electron chi connectivity index (χ3n) is 4.43. The van der Waals surface area contributed by atoms with E-state index >= 15 is 0 Å². The number of anilines is 1. The van der Waals surface area contributed by atoms with E-state index in [1.165, 1.54) is 0 Å². The summed E-state index contributed by atoms with van der Waals surface area (Å²) in [4.78, 5) is 29.0. The minimum absolute atomic E-state index is 0.229. The molecular formula is C23H17IN2O4. The minimum Gasteiger partial charge on any atom is -0.481 e. The highest BCUT2D eigenvalue weighted by molar-refractivity contribution is 14.1. The van der Waals surface area contributed by atoms with Crippen molar-refractivity contribution in [3.63, 3.8) is 0 Å². The highest BCUT2D eigenvalue weighted by Gasteiger charge is 2.15. The molecule has 4 aromatic rings. The Kier molecular flexibility index (Phi) is 5.80. The van der Waals surface area contributed by atoms with E-state index in [4.69, 9.17) is 9.15 Å². The quantitative estimate of drug-likeness (QED) is 0.386. The zero-order valence-corrected chi connectivity index (χ0v) is 18.1. The van der Waals surface area contributed by atoms with Crippen LogP contribution in [0, 0.1) is 3.57 Å². The van der Waals surface area contributed by atoms with Crippen molar-refractivity contribution in [3.05, 3.63) is 86.8 Å². The number of fused-ring (bicyclic) bond motifs is 1. The fraction of sp³-hybridized carbons (Fsp3) is 0.0870. The molecular weight excluding hydrogens is 495 g/mol. The van der Waals surface area contributed by atoms with Gasteiger partial charge in [-0.15, -0.1) is 0 Å². The number of carbonyl (C=O) groups excluding carboxylic acids is 1. The molecule has 150 valence electrons. The predicted molar refractivity (Wildman–Crippen MR) is 124 cm³/mol. The Labute approximate surface area is 186 Å². The standard InChI is InChI=1S/C23H17IN2O4/c1-14(29-18-12-8-16(24)9-13-18)21(27)25-17-10-6-15(7-11-17)22-26-20-5-3-2-4-19(20)23(28)30-22/h2-14H,1H3,(H,25,27). The summed E-state index contributed by atoms with van der Waals surface area (Å²) in [6.07, 6.45) is -0.662. The van der Waals surface area contributed by atoms with Crippen LogP contribution in [0.4, 0.5) is 5.69 Å². The maximum atomic E-state index is 12.4. The van der Waals surface area contributed by atoms with Crippen molar-refractivity contribution in [1.82, 2.24) is 4.98 Å². The molecule has 30 heavy (non-hydrogen) atoms. The Morgan fingerprint density at radius 3 is 2.47 bits per heavy atom. The summed E-state index contributed by atoms with van der Waals surface area (Å²) in [6.45, 7) is 1.69. The van der Waals surface area contributed by atoms with Crippen LogP contribution in [-0.2, 0) is 4.79 Å². The predicted octanol–water partition coefficient (Wildman–Crippen LogP) is 4.87. The molecule has 1 N–H and O–H groups in total. The van der Waals surface area contributed by atoms with Gasteiger partial charge in [-0.25, -0.2) is 9.78 Å². The van der Waals surface area contributed by atoms with Gasteiger partial charge in [-0.05, 0) is 90.2 Å². The molecule has 1 atom stereocenters. The first-order valence-corrected chi connectivity index (χ1v) is 10.3. The molecule has 1 unspecified atom stereocenters. The summed E-state index contributed by atoms with van der Waals surface area (Å²) in [6, 6.07) is 21.4. The van der Waals surface area contributed by atoms with E-state index < -0.39 is 11.7 Å². The number of halogens is 1. The number of hydrogen-bond acceptors (Lipinski definition) is 5. The lowest BCUT2D eigenvalue weighted by Gasteiger charge is -2.15. The van der Waals surface area contributed by atoms with Crippen LogP contribution in [0.2, 0.25) is 0 Å². The molecule has 0 aliphatic heterocycles. The first-order valence-electron chi connectivity index (χ1n) is 9.23. The van der Waals surface area contributed by atoms with Gasteiger partial charge in [-0.3, -0.25) is 4.79 Å². The summed E-state index contributed by atoms with van der Waals surface area (Å²) in [7, 11) is 0. The van der Waals surface area contributed by atoms with E-state index in [1.807, 2.05) is 30.3 Å². The smallest absolute Gasteiger partial charge is 0.347 e. The van der Waals surface area contributed by atoms with Crippen LogP contribution < -0.4 is 15.7 Å². The number of nitrogens with one attached hydrogen (secondary N) is 1. The summed E-state index contributed by atoms with van der Waals surface area (Å²) in [5.41, 5.74) is 1.38. The van der Waals surface area contributed by atoms with E-state index in [-0.39, 0.29) is 11.8 Å². The number of carbonyl (C=O) groups is 1. The van der Waals surface area contributed by atoms with E-state index in [0.717, 1.165) is 3.57 Å². The number of amides is 1. The molecule has 0 bridgehead atoms. The molecule has 3 aromatic carbocycles. The molecule has 0 fully saturated rings. The first-order chi connectivity index (χ1) is 14.5. The SMILES string of the molecule is CC(Oc1ccc(I)cc1)C(=O)Nc1ccc(-c2nc3ccccc3c(=O)o2)cc1. The van der Waals surface area contributed by atoms with Crippen molar-refractivity contribution in [1.29, 1.82) is 0 Å². The molecule has 1 aromatic heterocycles. The van der Waals surface area contributed by atoms with Crippen LogP contribution in [0.25, 0.3) is 22.4 Å². The molecule has 0 saturated heterocycles. The Morgan fingerprint density at radius 1 is 1.03 bits per heavy atom. The Morgan fingerprint density at radius 2 is 1.73 bits per heavy atom. The Hall–Kier alpha value is -3.20. The van der Waals surface area contributed by atoms with Crippen molar-refractivity contribution in [2.24, 2.45) is 0 Å². The molecule has 4 rings (SSSR count). The average molecular weight is 512 g/mol. The lowest BCUT2D eigenvalue weighted by atomic mass is 10.2. The normalized spacial score (nSPS) is 11.8. The van der Waals surface area contributed by atoms with Crippen molar-refractivity contribution < 1.29 is 13.9 Å². The molecule has 1 amide bonds. The lowest BCUT2D eigenvalue weighted by Crippen LogP contribution is -2.30. The zero-order valence-electron chi connectivity index (χ0n) is 16.0. The van der Waals surface area contributed by atoms with Crippen LogP contribution in [0.15, 0.2) is 82.0 Å². The van der Waals surface area contributed by atoms with Gasteiger partial charge in [-0.1, -0.05) is 12.1 Å². The van der Waals surface area contributed by atoms with Gasteiger partial charge in [0.15, 0.2) is 6.10 Å². The lowest BCUT2D eigenvalue weighted by molar-refractivity contribution is -0.122. The van der Waals surface area contributed by atoms with Gasteiger partial charge >= 0.3 is 5.63 Å². The van der Waals surface area contributed by atoms with Gasteiger partial charge in [0.05, 0.1) is 10.9 Å². The van der Waals surface area contributed by atoms with Gasteiger partial charge in [0.25, 0.3) is 5.91 Å². The van der Waals surface area contributed by atoms with Gasteiger partial charge in [0.1, 0.15) is 5.75 Å². The molecule has 7 heteroatoms. The van der Waals surface area contributed by atoms with Crippen LogP contribution >= 0.6 is 22.6 Å². The Bertz CT molecular complexity index is 1250. The third-order valence-corrected chi connectivity index (χ3v) is 5.15.